The number of hydrogen-bond acceptors (Lipinski definition) is 1. The summed E-state index contributed by atoms with van der Waals surface area (Å²) in [5, 5.41) is 2.79. The van der Waals surface area contributed by atoms with Crippen LogP contribution in [0.25, 0.3) is 33.1 Å². The second-order valence-corrected chi connectivity index (χ2v) is 10.1. The lowest BCUT2D eigenvalue weighted by atomic mass is 9.79. The molecule has 0 radical (unpaired) electrons. The smallest absolute Gasteiger partial charge is 0.136 e. The van der Waals surface area contributed by atoms with Gasteiger partial charge in [0.05, 0.1) is 5.02 Å². The lowest BCUT2D eigenvalue weighted by Gasteiger charge is -2.26. The summed E-state index contributed by atoms with van der Waals surface area (Å²) in [6.07, 6.45) is 0. The van der Waals surface area contributed by atoms with Crippen LogP contribution in [-0.4, -0.2) is 0 Å². The topological polar surface area (TPSA) is 13.1 Å². The molecule has 0 unspecified atom stereocenters. The Morgan fingerprint density at radius 3 is 1.93 bits per heavy atom. The summed E-state index contributed by atoms with van der Waals surface area (Å²) >= 11 is 6.49. The van der Waals surface area contributed by atoms with Crippen molar-refractivity contribution >= 4 is 33.5 Å². The zero-order valence-electron chi connectivity index (χ0n) is 17.5. The third-order valence-electron chi connectivity index (χ3n) is 5.44. The maximum atomic E-state index is 6.49. The fraction of sp³-hybridized carbons (Fsp3) is 0.308. The zero-order valence-corrected chi connectivity index (χ0v) is 18.2. The molecule has 1 aromatic heterocycles. The van der Waals surface area contributed by atoms with E-state index < -0.39 is 0 Å². The Morgan fingerprint density at radius 2 is 1.32 bits per heavy atom. The number of furan rings is 1. The molecule has 0 spiro atoms. The molecular weight excluding hydrogens is 364 g/mol. The zero-order chi connectivity index (χ0) is 20.3. The fourth-order valence-corrected chi connectivity index (χ4v) is 3.89. The molecule has 0 aliphatic rings. The van der Waals surface area contributed by atoms with Crippen LogP contribution in [0.15, 0.2) is 59.0 Å². The van der Waals surface area contributed by atoms with Crippen molar-refractivity contribution < 1.29 is 4.42 Å². The van der Waals surface area contributed by atoms with Gasteiger partial charge in [-0.2, -0.15) is 0 Å². The van der Waals surface area contributed by atoms with Gasteiger partial charge in [-0.25, -0.2) is 0 Å². The van der Waals surface area contributed by atoms with Crippen molar-refractivity contribution in [2.45, 2.75) is 52.4 Å². The molecule has 4 aromatic rings. The van der Waals surface area contributed by atoms with Gasteiger partial charge < -0.3 is 4.42 Å². The molecule has 0 saturated heterocycles. The molecule has 0 saturated carbocycles. The lowest BCUT2D eigenvalue weighted by molar-refractivity contribution is 0.569. The van der Waals surface area contributed by atoms with Crippen LogP contribution < -0.4 is 0 Å². The minimum absolute atomic E-state index is 0.0890. The Labute approximate surface area is 172 Å². The first-order chi connectivity index (χ1) is 13.0. The van der Waals surface area contributed by atoms with Gasteiger partial charge in [-0.3, -0.25) is 0 Å². The van der Waals surface area contributed by atoms with E-state index in [0.717, 1.165) is 27.0 Å². The Hall–Kier alpha value is -2.25. The van der Waals surface area contributed by atoms with Crippen molar-refractivity contribution in [1.29, 1.82) is 0 Å². The minimum atomic E-state index is 0.0890. The predicted octanol–water partition coefficient (Wildman–Crippen LogP) is 8.50. The van der Waals surface area contributed by atoms with E-state index in [1.807, 2.05) is 18.2 Å². The Bertz CT molecular complexity index is 1150. The molecule has 3 aromatic carbocycles. The van der Waals surface area contributed by atoms with Crippen molar-refractivity contribution in [2.24, 2.45) is 0 Å². The quantitative estimate of drug-likeness (QED) is 0.317. The van der Waals surface area contributed by atoms with E-state index in [-0.39, 0.29) is 10.8 Å². The summed E-state index contributed by atoms with van der Waals surface area (Å²) in [7, 11) is 0. The summed E-state index contributed by atoms with van der Waals surface area (Å²) in [5.74, 6) is 0. The van der Waals surface area contributed by atoms with Gasteiger partial charge in [0.1, 0.15) is 11.2 Å². The number of benzene rings is 3. The van der Waals surface area contributed by atoms with Crippen molar-refractivity contribution in [3.05, 3.63) is 70.7 Å². The van der Waals surface area contributed by atoms with Crippen molar-refractivity contribution in [3.8, 4) is 11.1 Å². The van der Waals surface area contributed by atoms with Gasteiger partial charge in [0.25, 0.3) is 0 Å². The molecule has 2 heteroatoms. The lowest BCUT2D eigenvalue weighted by Crippen LogP contribution is -2.16. The van der Waals surface area contributed by atoms with Crippen LogP contribution in [-0.2, 0) is 10.8 Å². The first-order valence-corrected chi connectivity index (χ1v) is 10.2. The summed E-state index contributed by atoms with van der Waals surface area (Å²) in [5.41, 5.74) is 7.01. The standard InChI is InChI=1S/C26H27ClO/c1-25(2,3)18-12-17(13-19(15-18)26(4,5)6)16-10-11-22-20(14-16)24-21(27)8-7-9-23(24)28-22/h7-15H,1-6H3. The molecule has 1 nitrogen and oxygen atoms in total. The third-order valence-corrected chi connectivity index (χ3v) is 5.76. The molecule has 4 rings (SSSR count). The van der Waals surface area contributed by atoms with Crippen LogP contribution in [0.5, 0.6) is 0 Å². The van der Waals surface area contributed by atoms with Gasteiger partial charge in [0.15, 0.2) is 0 Å². The van der Waals surface area contributed by atoms with E-state index in [0.29, 0.717) is 0 Å². The summed E-state index contributed by atoms with van der Waals surface area (Å²) < 4.78 is 6.00. The predicted molar refractivity (Wildman–Crippen MR) is 122 cm³/mol. The monoisotopic (exact) mass is 390 g/mol. The highest BCUT2D eigenvalue weighted by Crippen LogP contribution is 2.38. The van der Waals surface area contributed by atoms with E-state index in [1.54, 1.807) is 0 Å². The van der Waals surface area contributed by atoms with E-state index in [2.05, 4.69) is 77.9 Å². The van der Waals surface area contributed by atoms with Crippen LogP contribution >= 0.6 is 11.6 Å². The number of halogens is 1. The second kappa shape index (κ2) is 6.39. The van der Waals surface area contributed by atoms with Crippen LogP contribution in [0.4, 0.5) is 0 Å². The van der Waals surface area contributed by atoms with Crippen LogP contribution in [0.2, 0.25) is 5.02 Å². The second-order valence-electron chi connectivity index (χ2n) is 9.73. The van der Waals surface area contributed by atoms with E-state index in [4.69, 9.17) is 16.0 Å². The molecule has 0 bridgehead atoms. The molecule has 0 amide bonds. The molecule has 0 aliphatic heterocycles. The maximum absolute atomic E-state index is 6.49. The molecule has 0 aliphatic carbocycles. The maximum Gasteiger partial charge on any atom is 0.136 e. The van der Waals surface area contributed by atoms with Gasteiger partial charge in [-0.05, 0) is 57.3 Å². The van der Waals surface area contributed by atoms with Gasteiger partial charge in [-0.1, -0.05) is 83.5 Å². The van der Waals surface area contributed by atoms with E-state index in [9.17, 15) is 0 Å². The average Bonchev–Trinajstić information content (AvgIpc) is 2.98. The highest BCUT2D eigenvalue weighted by atomic mass is 35.5. The number of hydrogen-bond donors (Lipinski definition) is 0. The molecule has 28 heavy (non-hydrogen) atoms. The highest BCUT2D eigenvalue weighted by Gasteiger charge is 2.21. The number of rotatable bonds is 1. The van der Waals surface area contributed by atoms with E-state index in [1.165, 1.54) is 22.3 Å². The van der Waals surface area contributed by atoms with Crippen LogP contribution in [0, 0.1) is 0 Å². The average molecular weight is 391 g/mol. The van der Waals surface area contributed by atoms with Crippen molar-refractivity contribution in [2.75, 3.05) is 0 Å². The normalized spacial score (nSPS) is 12.8. The van der Waals surface area contributed by atoms with Crippen molar-refractivity contribution in [3.63, 3.8) is 0 Å². The van der Waals surface area contributed by atoms with Crippen LogP contribution in [0.3, 0.4) is 0 Å². The SMILES string of the molecule is CC(C)(C)c1cc(-c2ccc3oc4cccc(Cl)c4c3c2)cc(C(C)(C)C)c1. The van der Waals surface area contributed by atoms with Crippen LogP contribution in [0.1, 0.15) is 52.7 Å². The van der Waals surface area contributed by atoms with Crippen molar-refractivity contribution in [1.82, 2.24) is 0 Å². The Kier molecular flexibility index (Phi) is 4.35. The number of fused-ring (bicyclic) bond motifs is 3. The molecule has 0 fully saturated rings. The van der Waals surface area contributed by atoms with Gasteiger partial charge in [0, 0.05) is 10.8 Å². The first-order valence-electron chi connectivity index (χ1n) is 9.81. The third kappa shape index (κ3) is 3.33. The van der Waals surface area contributed by atoms with E-state index >= 15 is 0 Å². The largest absolute Gasteiger partial charge is 0.456 e. The fourth-order valence-electron chi connectivity index (χ4n) is 3.62. The first kappa shape index (κ1) is 19.1. The molecule has 0 N–H and O–H groups in total. The molecule has 144 valence electrons. The molecule has 0 atom stereocenters. The summed E-state index contributed by atoms with van der Waals surface area (Å²) in [6.45, 7) is 13.6. The Morgan fingerprint density at radius 1 is 0.679 bits per heavy atom. The summed E-state index contributed by atoms with van der Waals surface area (Å²) in [6, 6.07) is 19.2. The summed E-state index contributed by atoms with van der Waals surface area (Å²) in [4.78, 5) is 0. The van der Waals surface area contributed by atoms with Gasteiger partial charge >= 0.3 is 0 Å². The Balaban J connectivity index is 1.98. The minimum Gasteiger partial charge on any atom is -0.456 e. The van der Waals surface area contributed by atoms with Gasteiger partial charge in [-0.15, -0.1) is 0 Å². The van der Waals surface area contributed by atoms with Gasteiger partial charge in [0.2, 0.25) is 0 Å². The molecule has 1 heterocycles. The highest BCUT2D eigenvalue weighted by molar-refractivity contribution is 6.37. The molecular formula is C26H27ClO.